The molecule has 156 valence electrons. The molecule has 1 aromatic heterocycles. The van der Waals surface area contributed by atoms with Crippen LogP contribution in [0.25, 0.3) is 11.4 Å². The first kappa shape index (κ1) is 19.9. The molecule has 1 unspecified atom stereocenters. The number of hydrogen-bond donors (Lipinski definition) is 0. The Kier molecular flexibility index (Phi) is 5.65. The third-order valence-electron chi connectivity index (χ3n) is 5.23. The van der Waals surface area contributed by atoms with E-state index in [-0.39, 0.29) is 17.6 Å². The van der Waals surface area contributed by atoms with Crippen molar-refractivity contribution in [1.82, 2.24) is 15.0 Å². The highest BCUT2D eigenvalue weighted by Crippen LogP contribution is 2.31. The van der Waals surface area contributed by atoms with Gasteiger partial charge in [-0.3, -0.25) is 4.79 Å². The van der Waals surface area contributed by atoms with Crippen molar-refractivity contribution in [3.63, 3.8) is 0 Å². The fraction of sp³-hybridized carbons (Fsp3) is 0.318. The number of rotatable bonds is 5. The summed E-state index contributed by atoms with van der Waals surface area (Å²) >= 11 is 0. The second-order valence-corrected chi connectivity index (χ2v) is 7.12. The quantitative estimate of drug-likeness (QED) is 0.633. The van der Waals surface area contributed by atoms with Crippen LogP contribution in [0, 0.1) is 5.82 Å². The highest BCUT2D eigenvalue weighted by Gasteiger charge is 2.29. The van der Waals surface area contributed by atoms with Crippen molar-refractivity contribution in [2.75, 3.05) is 27.3 Å². The maximum atomic E-state index is 13.1. The van der Waals surface area contributed by atoms with Crippen LogP contribution in [-0.2, 0) is 0 Å². The molecule has 1 fully saturated rings. The Morgan fingerprint density at radius 1 is 1.13 bits per heavy atom. The van der Waals surface area contributed by atoms with Crippen LogP contribution < -0.4 is 9.47 Å². The maximum absolute atomic E-state index is 13.1. The second-order valence-electron chi connectivity index (χ2n) is 7.12. The number of hydrogen-bond acceptors (Lipinski definition) is 6. The lowest BCUT2D eigenvalue weighted by atomic mass is 9.97. The summed E-state index contributed by atoms with van der Waals surface area (Å²) in [6.45, 7) is 1.14. The number of carbonyl (C=O) groups is 1. The third-order valence-corrected chi connectivity index (χ3v) is 5.23. The molecule has 2 heterocycles. The minimum Gasteiger partial charge on any atom is -0.493 e. The zero-order valence-corrected chi connectivity index (χ0v) is 16.8. The summed E-state index contributed by atoms with van der Waals surface area (Å²) in [7, 11) is 3.09. The lowest BCUT2D eigenvalue weighted by Crippen LogP contribution is -2.39. The monoisotopic (exact) mass is 411 g/mol. The van der Waals surface area contributed by atoms with E-state index in [2.05, 4.69) is 10.1 Å². The number of carbonyl (C=O) groups excluding carboxylic acids is 1. The van der Waals surface area contributed by atoms with E-state index in [1.54, 1.807) is 42.3 Å². The molecular formula is C22H22FN3O4. The van der Waals surface area contributed by atoms with Gasteiger partial charge in [0.1, 0.15) is 5.82 Å². The van der Waals surface area contributed by atoms with Gasteiger partial charge < -0.3 is 18.9 Å². The van der Waals surface area contributed by atoms with Crippen LogP contribution in [0.5, 0.6) is 11.5 Å². The lowest BCUT2D eigenvalue weighted by molar-refractivity contribution is 0.0695. The van der Waals surface area contributed by atoms with Gasteiger partial charge in [-0.1, -0.05) is 5.16 Å². The van der Waals surface area contributed by atoms with E-state index in [4.69, 9.17) is 14.0 Å². The Bertz CT molecular complexity index is 1040. The number of nitrogens with zero attached hydrogens (tertiary/aromatic N) is 3. The molecule has 0 radical (unpaired) electrons. The molecule has 0 bridgehead atoms. The molecule has 0 spiro atoms. The number of ether oxygens (including phenoxy) is 2. The van der Waals surface area contributed by atoms with E-state index in [9.17, 15) is 9.18 Å². The number of aromatic nitrogens is 2. The zero-order valence-electron chi connectivity index (χ0n) is 16.8. The molecule has 0 aliphatic carbocycles. The number of amides is 1. The zero-order chi connectivity index (χ0) is 21.1. The molecule has 0 N–H and O–H groups in total. The number of likely N-dealkylation sites (tertiary alicyclic amines) is 1. The standard InChI is InChI=1S/C22H22FN3O4/c1-28-18-10-7-15(12-19(18)29-2)22(27)26-11-3-4-16(13-26)21-24-20(25-30-21)14-5-8-17(23)9-6-14/h5-10,12,16H,3-4,11,13H2,1-2H3. The first-order chi connectivity index (χ1) is 14.6. The van der Waals surface area contributed by atoms with E-state index in [0.29, 0.717) is 47.4 Å². The molecule has 1 atom stereocenters. The Morgan fingerprint density at radius 2 is 1.90 bits per heavy atom. The summed E-state index contributed by atoms with van der Waals surface area (Å²) in [5.41, 5.74) is 1.21. The van der Waals surface area contributed by atoms with Gasteiger partial charge in [0.05, 0.1) is 20.1 Å². The summed E-state index contributed by atoms with van der Waals surface area (Å²) in [6, 6.07) is 11.1. The molecule has 3 aromatic rings. The van der Waals surface area contributed by atoms with E-state index < -0.39 is 0 Å². The van der Waals surface area contributed by atoms with Crippen LogP contribution in [0.15, 0.2) is 47.0 Å². The fourth-order valence-corrected chi connectivity index (χ4v) is 3.63. The van der Waals surface area contributed by atoms with Gasteiger partial charge in [-0.25, -0.2) is 4.39 Å². The van der Waals surface area contributed by atoms with E-state index in [1.807, 2.05) is 0 Å². The van der Waals surface area contributed by atoms with Crippen molar-refractivity contribution in [3.05, 3.63) is 59.7 Å². The summed E-state index contributed by atoms with van der Waals surface area (Å²) in [5, 5.41) is 4.02. The highest BCUT2D eigenvalue weighted by atomic mass is 19.1. The van der Waals surface area contributed by atoms with E-state index in [0.717, 1.165) is 12.8 Å². The van der Waals surface area contributed by atoms with Crippen molar-refractivity contribution < 1.29 is 23.2 Å². The molecule has 2 aromatic carbocycles. The predicted octanol–water partition coefficient (Wildman–Crippen LogP) is 3.91. The Balaban J connectivity index is 1.49. The van der Waals surface area contributed by atoms with Gasteiger partial charge in [0.15, 0.2) is 11.5 Å². The van der Waals surface area contributed by atoms with Crippen molar-refractivity contribution in [2.24, 2.45) is 0 Å². The molecule has 1 aliphatic rings. The van der Waals surface area contributed by atoms with Gasteiger partial charge in [0, 0.05) is 24.2 Å². The molecule has 30 heavy (non-hydrogen) atoms. The largest absolute Gasteiger partial charge is 0.493 e. The van der Waals surface area contributed by atoms with Crippen molar-refractivity contribution in [1.29, 1.82) is 0 Å². The minimum absolute atomic E-state index is 0.0513. The van der Waals surface area contributed by atoms with Crippen LogP contribution in [0.3, 0.4) is 0 Å². The Labute approximate surface area is 173 Å². The first-order valence-electron chi connectivity index (χ1n) is 9.70. The molecule has 1 aliphatic heterocycles. The smallest absolute Gasteiger partial charge is 0.254 e. The van der Waals surface area contributed by atoms with Crippen molar-refractivity contribution in [2.45, 2.75) is 18.8 Å². The van der Waals surface area contributed by atoms with Crippen LogP contribution in [0.1, 0.15) is 35.0 Å². The number of methoxy groups -OCH3 is 2. The van der Waals surface area contributed by atoms with Crippen molar-refractivity contribution >= 4 is 5.91 Å². The van der Waals surface area contributed by atoms with Crippen LogP contribution >= 0.6 is 0 Å². The summed E-state index contributed by atoms with van der Waals surface area (Å²) < 4.78 is 29.1. The molecule has 8 heteroatoms. The van der Waals surface area contributed by atoms with E-state index in [1.165, 1.54) is 19.2 Å². The van der Waals surface area contributed by atoms with Crippen molar-refractivity contribution in [3.8, 4) is 22.9 Å². The SMILES string of the molecule is COc1ccc(C(=O)N2CCCC(c3nc(-c4ccc(F)cc4)no3)C2)cc1OC. The highest BCUT2D eigenvalue weighted by molar-refractivity contribution is 5.95. The third kappa shape index (κ3) is 3.98. The molecule has 1 amide bonds. The normalized spacial score (nSPS) is 16.4. The topological polar surface area (TPSA) is 77.7 Å². The van der Waals surface area contributed by atoms with Gasteiger partial charge in [-0.15, -0.1) is 0 Å². The second kappa shape index (κ2) is 8.52. The number of halogens is 1. The van der Waals surface area contributed by atoms with Crippen LogP contribution in [-0.4, -0.2) is 48.3 Å². The fourth-order valence-electron chi connectivity index (χ4n) is 3.63. The molecule has 4 rings (SSSR count). The van der Waals surface area contributed by atoms with Gasteiger partial charge in [0.25, 0.3) is 5.91 Å². The van der Waals surface area contributed by atoms with Crippen LogP contribution in [0.4, 0.5) is 4.39 Å². The lowest BCUT2D eigenvalue weighted by Gasteiger charge is -2.31. The molecular weight excluding hydrogens is 389 g/mol. The van der Waals surface area contributed by atoms with Crippen LogP contribution in [0.2, 0.25) is 0 Å². The summed E-state index contributed by atoms with van der Waals surface area (Å²) in [6.07, 6.45) is 1.68. The average molecular weight is 411 g/mol. The number of benzene rings is 2. The summed E-state index contributed by atoms with van der Waals surface area (Å²) in [5.74, 6) is 1.53. The molecule has 0 saturated carbocycles. The van der Waals surface area contributed by atoms with Gasteiger partial charge >= 0.3 is 0 Å². The number of piperidine rings is 1. The van der Waals surface area contributed by atoms with E-state index >= 15 is 0 Å². The molecule has 1 saturated heterocycles. The predicted molar refractivity (Wildman–Crippen MR) is 107 cm³/mol. The first-order valence-corrected chi connectivity index (χ1v) is 9.70. The minimum atomic E-state index is -0.320. The van der Waals surface area contributed by atoms with Gasteiger partial charge in [0.2, 0.25) is 11.7 Å². The van der Waals surface area contributed by atoms with Gasteiger partial charge in [-0.05, 0) is 55.3 Å². The van der Waals surface area contributed by atoms with Gasteiger partial charge in [-0.2, -0.15) is 4.98 Å². The Hall–Kier alpha value is -3.42. The Morgan fingerprint density at radius 3 is 2.63 bits per heavy atom. The maximum Gasteiger partial charge on any atom is 0.254 e. The summed E-state index contributed by atoms with van der Waals surface area (Å²) in [4.78, 5) is 19.3. The molecule has 7 nitrogen and oxygen atoms in total. The average Bonchev–Trinajstić information content (AvgIpc) is 3.29.